The van der Waals surface area contributed by atoms with Crippen molar-refractivity contribution in [1.82, 2.24) is 20.6 Å². The first-order valence-electron chi connectivity index (χ1n) is 16.1. The van der Waals surface area contributed by atoms with Crippen LogP contribution in [0.5, 0.6) is 0 Å². The summed E-state index contributed by atoms with van der Waals surface area (Å²) < 4.78 is 35.1. The fourth-order valence-corrected chi connectivity index (χ4v) is 9.83. The van der Waals surface area contributed by atoms with Crippen LogP contribution >= 0.6 is 0 Å². The van der Waals surface area contributed by atoms with E-state index in [0.29, 0.717) is 100 Å². The Hall–Kier alpha value is -2.97. The van der Waals surface area contributed by atoms with E-state index in [1.807, 2.05) is 41.5 Å². The van der Waals surface area contributed by atoms with Gasteiger partial charge in [-0.2, -0.15) is 0 Å². The summed E-state index contributed by atoms with van der Waals surface area (Å²) in [6, 6.07) is 7.59. The Bertz CT molecular complexity index is 1020. The molecular formula is C30H52N6O8Si2. The zero-order chi connectivity index (χ0) is 33.7. The maximum Gasteiger partial charge on any atom is 0.500 e. The summed E-state index contributed by atoms with van der Waals surface area (Å²) in [4.78, 5) is 33.6. The van der Waals surface area contributed by atoms with Gasteiger partial charge < -0.3 is 47.8 Å². The first kappa shape index (κ1) is 39.2. The van der Waals surface area contributed by atoms with Crippen molar-refractivity contribution in [3.8, 4) is 11.4 Å². The highest BCUT2D eigenvalue weighted by Gasteiger charge is 2.40. The third-order valence-electron chi connectivity index (χ3n) is 6.38. The normalized spacial score (nSPS) is 11.7. The number of urea groups is 2. The molecule has 2 aromatic heterocycles. The second kappa shape index (κ2) is 21.8. The molecule has 16 heteroatoms. The van der Waals surface area contributed by atoms with E-state index in [1.54, 1.807) is 36.7 Å². The molecule has 4 amide bonds. The molecule has 0 aromatic carbocycles. The monoisotopic (exact) mass is 680 g/mol. The molecule has 14 nitrogen and oxygen atoms in total. The molecule has 0 atom stereocenters. The second-order valence-electron chi connectivity index (χ2n) is 9.80. The van der Waals surface area contributed by atoms with Gasteiger partial charge in [0.15, 0.2) is 0 Å². The third kappa shape index (κ3) is 13.8. The van der Waals surface area contributed by atoms with Crippen LogP contribution in [-0.4, -0.2) is 92.4 Å². The minimum absolute atomic E-state index is 0.336. The molecule has 2 heterocycles. The van der Waals surface area contributed by atoms with Crippen molar-refractivity contribution in [3.63, 3.8) is 0 Å². The topological polar surface area (TPSA) is 163 Å². The molecule has 4 N–H and O–H groups in total. The summed E-state index contributed by atoms with van der Waals surface area (Å²) in [6.45, 7) is 15.5. The maximum atomic E-state index is 12.4. The van der Waals surface area contributed by atoms with E-state index < -0.39 is 17.6 Å². The molecule has 0 bridgehead atoms. The highest BCUT2D eigenvalue weighted by molar-refractivity contribution is 6.61. The lowest BCUT2D eigenvalue weighted by molar-refractivity contribution is 0.0701. The lowest BCUT2D eigenvalue weighted by atomic mass is 10.2. The van der Waals surface area contributed by atoms with Crippen molar-refractivity contribution in [3.05, 3.63) is 36.7 Å². The highest BCUT2D eigenvalue weighted by Crippen LogP contribution is 2.20. The lowest BCUT2D eigenvalue weighted by Gasteiger charge is -2.28. The molecule has 0 aliphatic heterocycles. The number of hydrogen-bond donors (Lipinski definition) is 4. The number of carbonyl (C=O) groups excluding carboxylic acids is 2. The smallest absolute Gasteiger partial charge is 0.374 e. The molecule has 0 unspecified atom stereocenters. The van der Waals surface area contributed by atoms with Crippen LogP contribution in [0.25, 0.3) is 11.4 Å². The molecule has 0 aliphatic rings. The molecule has 2 rings (SSSR count). The molecule has 0 fully saturated rings. The van der Waals surface area contributed by atoms with Crippen LogP contribution in [0.2, 0.25) is 12.1 Å². The quantitative estimate of drug-likeness (QED) is 0.0899. The summed E-state index contributed by atoms with van der Waals surface area (Å²) in [5.41, 5.74) is 2.33. The van der Waals surface area contributed by atoms with Gasteiger partial charge in [0.25, 0.3) is 0 Å². The van der Waals surface area contributed by atoms with Gasteiger partial charge >= 0.3 is 29.7 Å². The maximum absolute atomic E-state index is 12.4. The van der Waals surface area contributed by atoms with Gasteiger partial charge in [0.05, 0.1) is 35.2 Å². The average molecular weight is 681 g/mol. The molecule has 0 spiro atoms. The zero-order valence-corrected chi connectivity index (χ0v) is 30.1. The van der Waals surface area contributed by atoms with Crippen molar-refractivity contribution < 1.29 is 36.1 Å². The number of aromatic nitrogens is 2. The number of nitrogens with one attached hydrogen (secondary N) is 4. The Balaban J connectivity index is 1.79. The van der Waals surface area contributed by atoms with Gasteiger partial charge in [-0.1, -0.05) is 0 Å². The summed E-state index contributed by atoms with van der Waals surface area (Å²) in [5, 5.41) is 11.3. The predicted octanol–water partition coefficient (Wildman–Crippen LogP) is 5.26. The van der Waals surface area contributed by atoms with Crippen molar-refractivity contribution in [2.24, 2.45) is 0 Å². The third-order valence-corrected chi connectivity index (χ3v) is 12.7. The van der Waals surface area contributed by atoms with E-state index in [1.165, 1.54) is 0 Å². The van der Waals surface area contributed by atoms with Crippen LogP contribution in [0.3, 0.4) is 0 Å². The summed E-state index contributed by atoms with van der Waals surface area (Å²) in [5.74, 6) is 0. The summed E-state index contributed by atoms with van der Waals surface area (Å²) >= 11 is 0. The molecule has 46 heavy (non-hydrogen) atoms. The van der Waals surface area contributed by atoms with E-state index in [4.69, 9.17) is 26.6 Å². The summed E-state index contributed by atoms with van der Waals surface area (Å²) in [7, 11) is -5.47. The first-order valence-corrected chi connectivity index (χ1v) is 20.0. The molecule has 258 valence electrons. The van der Waals surface area contributed by atoms with Gasteiger partial charge in [-0.3, -0.25) is 9.97 Å². The van der Waals surface area contributed by atoms with Crippen molar-refractivity contribution >= 4 is 41.0 Å². The highest BCUT2D eigenvalue weighted by atomic mass is 28.4. The number of rotatable bonds is 23. The Morgan fingerprint density at radius 3 is 1.15 bits per heavy atom. The minimum Gasteiger partial charge on any atom is -0.374 e. The van der Waals surface area contributed by atoms with Gasteiger partial charge in [0.2, 0.25) is 0 Å². The standard InChI is InChI=1S/C30H52N6O8Si2/c1-7-39-45(40-8-2,41-9-3)21-13-19-31-29(37)35-25-15-17-27(33-23-25)28-18-16-26(24-34-28)36-30(38)32-20-14-22-46(42-10-4,43-11-5)44-12-6/h15-18,23-24H,7-14,19-22H2,1-6H3,(H2,31,35,37)(H2,32,36,38). The number of hydrogen-bond acceptors (Lipinski definition) is 10. The van der Waals surface area contributed by atoms with Crippen molar-refractivity contribution in [1.29, 1.82) is 0 Å². The van der Waals surface area contributed by atoms with E-state index in [2.05, 4.69) is 31.2 Å². The van der Waals surface area contributed by atoms with Crippen LogP contribution in [0, 0.1) is 0 Å². The van der Waals surface area contributed by atoms with Gasteiger partial charge in [0.1, 0.15) is 0 Å². The number of nitrogens with zero attached hydrogens (tertiary/aromatic N) is 2. The van der Waals surface area contributed by atoms with Crippen LogP contribution in [0.1, 0.15) is 54.4 Å². The number of carbonyl (C=O) groups is 2. The Labute approximate surface area is 275 Å². The lowest BCUT2D eigenvalue weighted by Crippen LogP contribution is -2.46. The number of amides is 4. The van der Waals surface area contributed by atoms with Crippen molar-refractivity contribution in [2.75, 3.05) is 63.4 Å². The van der Waals surface area contributed by atoms with Gasteiger partial charge in [0, 0.05) is 64.8 Å². The van der Waals surface area contributed by atoms with Crippen LogP contribution < -0.4 is 21.3 Å². The Morgan fingerprint density at radius 2 is 0.891 bits per heavy atom. The first-order chi connectivity index (χ1) is 22.3. The van der Waals surface area contributed by atoms with Crippen molar-refractivity contribution in [2.45, 2.75) is 66.5 Å². The largest absolute Gasteiger partial charge is 0.500 e. The van der Waals surface area contributed by atoms with E-state index >= 15 is 0 Å². The average Bonchev–Trinajstić information content (AvgIpc) is 3.03. The number of anilines is 2. The SMILES string of the molecule is CCO[Si](CCCNC(=O)Nc1ccc(-c2ccc(NC(=O)NCCC[Si](OCC)(OCC)OCC)cn2)nc1)(OCC)OCC. The van der Waals surface area contributed by atoms with Crippen LogP contribution in [0.15, 0.2) is 36.7 Å². The number of pyridine rings is 2. The van der Waals surface area contributed by atoms with Gasteiger partial charge in [-0.05, 0) is 78.6 Å². The molecular weight excluding hydrogens is 629 g/mol. The molecule has 0 saturated carbocycles. The van der Waals surface area contributed by atoms with E-state index in [0.717, 1.165) is 0 Å². The molecule has 0 saturated heterocycles. The molecule has 0 aliphatic carbocycles. The second-order valence-corrected chi connectivity index (χ2v) is 15.3. The molecule has 2 aromatic rings. The van der Waals surface area contributed by atoms with Gasteiger partial charge in [-0.25, -0.2) is 9.59 Å². The predicted molar refractivity (Wildman–Crippen MR) is 182 cm³/mol. The fraction of sp³-hybridized carbons (Fsp3) is 0.600. The Morgan fingerprint density at radius 1 is 0.565 bits per heavy atom. The fourth-order valence-electron chi connectivity index (χ4n) is 4.61. The van der Waals surface area contributed by atoms with Crippen LogP contribution in [-0.2, 0) is 26.6 Å². The van der Waals surface area contributed by atoms with Gasteiger partial charge in [-0.15, -0.1) is 0 Å². The van der Waals surface area contributed by atoms with E-state index in [9.17, 15) is 9.59 Å². The van der Waals surface area contributed by atoms with Crippen LogP contribution in [0.4, 0.5) is 21.0 Å². The minimum atomic E-state index is -2.73. The van der Waals surface area contributed by atoms with E-state index in [-0.39, 0.29) is 12.1 Å². The summed E-state index contributed by atoms with van der Waals surface area (Å²) in [6.07, 6.45) is 4.45. The Kier molecular flexibility index (Phi) is 18.5. The zero-order valence-electron chi connectivity index (χ0n) is 28.1. The molecule has 0 radical (unpaired) electrons.